The van der Waals surface area contributed by atoms with Crippen molar-refractivity contribution in [2.24, 2.45) is 5.84 Å². The van der Waals surface area contributed by atoms with Crippen LogP contribution < -0.4 is 11.3 Å². The molecule has 2 aromatic carbocycles. The maximum Gasteiger partial charge on any atom is 0.0595 e. The Labute approximate surface area is 147 Å². The fourth-order valence-corrected chi connectivity index (χ4v) is 3.79. The Morgan fingerprint density at radius 2 is 1.90 bits per heavy atom. The summed E-state index contributed by atoms with van der Waals surface area (Å²) in [7, 11) is 0. The molecule has 0 aliphatic heterocycles. The summed E-state index contributed by atoms with van der Waals surface area (Å²) in [6, 6.07) is 14.0. The maximum absolute atomic E-state index is 6.04. The zero-order chi connectivity index (χ0) is 15.2. The minimum absolute atomic E-state index is 0.152. The van der Waals surface area contributed by atoms with Gasteiger partial charge < -0.3 is 0 Å². The van der Waals surface area contributed by atoms with Gasteiger partial charge in [0.1, 0.15) is 0 Å². The van der Waals surface area contributed by atoms with E-state index in [0.717, 1.165) is 22.2 Å². The van der Waals surface area contributed by atoms with E-state index in [9.17, 15) is 0 Å². The molecule has 112 valence electrons. The molecule has 0 radical (unpaired) electrons. The van der Waals surface area contributed by atoms with Crippen molar-refractivity contribution in [2.45, 2.75) is 17.4 Å². The molecule has 6 heteroatoms. The SMILES string of the molecule is NNC(CSc1ccccc1Br)Cc1ccc(Cl)c(Cl)c1. The number of rotatable bonds is 6. The number of nitrogens with two attached hydrogens (primary N) is 1. The Morgan fingerprint density at radius 1 is 1.14 bits per heavy atom. The molecule has 2 aromatic rings. The summed E-state index contributed by atoms with van der Waals surface area (Å²) in [6.07, 6.45) is 0.796. The van der Waals surface area contributed by atoms with E-state index < -0.39 is 0 Å². The predicted molar refractivity (Wildman–Crippen MR) is 96.1 cm³/mol. The van der Waals surface area contributed by atoms with Crippen molar-refractivity contribution >= 4 is 50.9 Å². The van der Waals surface area contributed by atoms with Crippen LogP contribution in [0.2, 0.25) is 10.0 Å². The van der Waals surface area contributed by atoms with E-state index in [1.54, 1.807) is 11.8 Å². The van der Waals surface area contributed by atoms with Gasteiger partial charge in [-0.1, -0.05) is 41.4 Å². The molecule has 0 aromatic heterocycles. The van der Waals surface area contributed by atoms with Crippen molar-refractivity contribution in [3.05, 3.63) is 62.5 Å². The monoisotopic (exact) mass is 404 g/mol. The van der Waals surface area contributed by atoms with Crippen LogP contribution in [0, 0.1) is 0 Å². The van der Waals surface area contributed by atoms with Gasteiger partial charge in [-0.05, 0) is 52.2 Å². The predicted octanol–water partition coefficient (Wildman–Crippen LogP) is 4.92. The molecule has 0 bridgehead atoms. The van der Waals surface area contributed by atoms with Crippen LogP contribution in [0.5, 0.6) is 0 Å². The summed E-state index contributed by atoms with van der Waals surface area (Å²) in [5.74, 6) is 6.52. The zero-order valence-electron chi connectivity index (χ0n) is 11.2. The fraction of sp³-hybridized carbons (Fsp3) is 0.200. The third-order valence-electron chi connectivity index (χ3n) is 2.98. The van der Waals surface area contributed by atoms with Gasteiger partial charge in [0.25, 0.3) is 0 Å². The van der Waals surface area contributed by atoms with Crippen LogP contribution in [-0.4, -0.2) is 11.8 Å². The minimum atomic E-state index is 0.152. The first-order chi connectivity index (χ1) is 10.1. The molecule has 0 saturated heterocycles. The van der Waals surface area contributed by atoms with Crippen molar-refractivity contribution in [1.29, 1.82) is 0 Å². The Hall–Kier alpha value is -0.230. The lowest BCUT2D eigenvalue weighted by Crippen LogP contribution is -2.38. The molecular weight excluding hydrogens is 391 g/mol. The Bertz CT molecular complexity index is 610. The summed E-state index contributed by atoms with van der Waals surface area (Å²) in [6.45, 7) is 0. The number of hydrogen-bond acceptors (Lipinski definition) is 3. The third-order valence-corrected chi connectivity index (χ3v) is 5.91. The van der Waals surface area contributed by atoms with Crippen molar-refractivity contribution < 1.29 is 0 Å². The highest BCUT2D eigenvalue weighted by molar-refractivity contribution is 9.10. The first-order valence-corrected chi connectivity index (χ1v) is 8.91. The van der Waals surface area contributed by atoms with Gasteiger partial charge in [-0.3, -0.25) is 11.3 Å². The lowest BCUT2D eigenvalue weighted by molar-refractivity contribution is 0.575. The van der Waals surface area contributed by atoms with Crippen LogP contribution in [0.15, 0.2) is 51.8 Å². The van der Waals surface area contributed by atoms with Crippen molar-refractivity contribution in [3.63, 3.8) is 0 Å². The third kappa shape index (κ3) is 5.16. The van der Waals surface area contributed by atoms with Gasteiger partial charge in [0.2, 0.25) is 0 Å². The standard InChI is InChI=1S/C15H15BrCl2N2S/c16-12-3-1-2-4-15(12)21-9-11(20-19)7-10-5-6-13(17)14(18)8-10/h1-6,8,11,20H,7,9,19H2. The molecule has 0 aliphatic carbocycles. The molecule has 0 fully saturated rings. The summed E-state index contributed by atoms with van der Waals surface area (Å²) in [4.78, 5) is 1.20. The first kappa shape index (κ1) is 17.1. The number of hydrazine groups is 1. The zero-order valence-corrected chi connectivity index (χ0v) is 15.1. The lowest BCUT2D eigenvalue weighted by Gasteiger charge is -2.16. The number of hydrogen-bond donors (Lipinski definition) is 2. The van der Waals surface area contributed by atoms with Crippen LogP contribution in [0.4, 0.5) is 0 Å². The van der Waals surface area contributed by atoms with Crippen molar-refractivity contribution in [3.8, 4) is 0 Å². The molecule has 0 heterocycles. The number of halogens is 3. The van der Waals surface area contributed by atoms with Crippen molar-refractivity contribution in [2.75, 3.05) is 5.75 Å². The van der Waals surface area contributed by atoms with E-state index >= 15 is 0 Å². The average Bonchev–Trinajstić information content (AvgIpc) is 2.48. The van der Waals surface area contributed by atoms with Crippen LogP contribution in [0.1, 0.15) is 5.56 Å². The highest BCUT2D eigenvalue weighted by Crippen LogP contribution is 2.28. The normalized spacial score (nSPS) is 12.4. The molecule has 21 heavy (non-hydrogen) atoms. The minimum Gasteiger partial charge on any atom is -0.271 e. The smallest absolute Gasteiger partial charge is 0.0595 e. The van der Waals surface area contributed by atoms with Gasteiger partial charge in [-0.25, -0.2) is 0 Å². The Morgan fingerprint density at radius 3 is 2.57 bits per heavy atom. The maximum atomic E-state index is 6.04. The van der Waals surface area contributed by atoms with Gasteiger partial charge in [0, 0.05) is 21.2 Å². The van der Waals surface area contributed by atoms with E-state index in [2.05, 4.69) is 27.4 Å². The van der Waals surface area contributed by atoms with Gasteiger partial charge in [-0.15, -0.1) is 11.8 Å². The molecule has 0 amide bonds. The second kappa shape index (κ2) is 8.42. The van der Waals surface area contributed by atoms with E-state index in [-0.39, 0.29) is 6.04 Å². The van der Waals surface area contributed by atoms with Crippen LogP contribution in [0.25, 0.3) is 0 Å². The van der Waals surface area contributed by atoms with Gasteiger partial charge in [-0.2, -0.15) is 0 Å². The first-order valence-electron chi connectivity index (χ1n) is 6.37. The second-order valence-corrected chi connectivity index (χ2v) is 7.29. The van der Waals surface area contributed by atoms with Gasteiger partial charge in [0.05, 0.1) is 10.0 Å². The average molecular weight is 406 g/mol. The van der Waals surface area contributed by atoms with E-state index in [1.807, 2.05) is 36.4 Å². The molecule has 1 unspecified atom stereocenters. The molecule has 0 saturated carbocycles. The molecule has 3 N–H and O–H groups in total. The van der Waals surface area contributed by atoms with Crippen LogP contribution >= 0.6 is 50.9 Å². The molecule has 2 nitrogen and oxygen atoms in total. The Balaban J connectivity index is 1.97. The summed E-state index contributed by atoms with van der Waals surface area (Å²) < 4.78 is 1.10. The van der Waals surface area contributed by atoms with Gasteiger partial charge >= 0.3 is 0 Å². The van der Waals surface area contributed by atoms with E-state index in [4.69, 9.17) is 29.0 Å². The van der Waals surface area contributed by atoms with E-state index in [1.165, 1.54) is 4.90 Å². The molecule has 2 rings (SSSR count). The second-order valence-electron chi connectivity index (χ2n) is 4.56. The quantitative estimate of drug-likeness (QED) is 0.406. The fourth-order valence-electron chi connectivity index (χ4n) is 1.87. The summed E-state index contributed by atoms with van der Waals surface area (Å²) >= 11 is 17.3. The highest BCUT2D eigenvalue weighted by Gasteiger charge is 2.11. The van der Waals surface area contributed by atoms with E-state index in [0.29, 0.717) is 10.0 Å². The van der Waals surface area contributed by atoms with Crippen LogP contribution in [0.3, 0.4) is 0 Å². The summed E-state index contributed by atoms with van der Waals surface area (Å²) in [5.41, 5.74) is 3.97. The highest BCUT2D eigenvalue weighted by atomic mass is 79.9. The van der Waals surface area contributed by atoms with Gasteiger partial charge in [0.15, 0.2) is 0 Å². The molecule has 0 aliphatic rings. The largest absolute Gasteiger partial charge is 0.271 e. The Kier molecular flexibility index (Phi) is 6.86. The topological polar surface area (TPSA) is 38.0 Å². The number of benzene rings is 2. The number of nitrogens with one attached hydrogen (secondary N) is 1. The number of thioether (sulfide) groups is 1. The molecular formula is C15H15BrCl2N2S. The van der Waals surface area contributed by atoms with Crippen molar-refractivity contribution in [1.82, 2.24) is 5.43 Å². The lowest BCUT2D eigenvalue weighted by atomic mass is 10.1. The summed E-state index contributed by atoms with van der Waals surface area (Å²) in [5, 5.41) is 1.14. The molecule has 1 atom stereocenters. The van der Waals surface area contributed by atoms with Crippen LogP contribution in [-0.2, 0) is 6.42 Å². The molecule has 0 spiro atoms.